The molecule has 1 unspecified atom stereocenters. The molecule has 1 nitrogen and oxygen atoms in total. The number of aryl methyl sites for hydroxylation is 1. The molecule has 2 aromatic carbocycles. The van der Waals surface area contributed by atoms with Gasteiger partial charge in [0.05, 0.1) is 0 Å². The Labute approximate surface area is 127 Å². The molecule has 1 atom stereocenters. The van der Waals surface area contributed by atoms with Gasteiger partial charge >= 0.3 is 0 Å². The van der Waals surface area contributed by atoms with Gasteiger partial charge in [0.15, 0.2) is 0 Å². The quantitative estimate of drug-likeness (QED) is 0.832. The lowest BCUT2D eigenvalue weighted by Gasteiger charge is -2.32. The maximum Gasteiger partial charge on any atom is 0.123 e. The van der Waals surface area contributed by atoms with E-state index in [1.165, 1.54) is 23.3 Å². The molecule has 0 aromatic heterocycles. The first-order valence-electron chi connectivity index (χ1n) is 7.41. The Kier molecular flexibility index (Phi) is 4.79. The fourth-order valence-corrected chi connectivity index (χ4v) is 2.60. The van der Waals surface area contributed by atoms with Crippen molar-refractivity contribution >= 4 is 0 Å². The van der Waals surface area contributed by atoms with Crippen molar-refractivity contribution in [3.8, 4) is 0 Å². The third kappa shape index (κ3) is 4.15. The summed E-state index contributed by atoms with van der Waals surface area (Å²) in [7, 11) is 0. The Morgan fingerprint density at radius 3 is 2.19 bits per heavy atom. The van der Waals surface area contributed by atoms with Gasteiger partial charge in [-0.1, -0.05) is 57.2 Å². The van der Waals surface area contributed by atoms with Crippen molar-refractivity contribution in [2.24, 2.45) is 5.41 Å². The number of hydrogen-bond donors (Lipinski definition) is 1. The van der Waals surface area contributed by atoms with Gasteiger partial charge in [0.25, 0.3) is 0 Å². The summed E-state index contributed by atoms with van der Waals surface area (Å²) >= 11 is 0. The smallest absolute Gasteiger partial charge is 0.123 e. The second kappa shape index (κ2) is 6.40. The summed E-state index contributed by atoms with van der Waals surface area (Å²) in [5, 5.41) is 3.63. The average molecular weight is 285 g/mol. The molecule has 2 rings (SSSR count). The van der Waals surface area contributed by atoms with Crippen LogP contribution in [-0.4, -0.2) is 0 Å². The first-order valence-corrected chi connectivity index (χ1v) is 7.41. The van der Waals surface area contributed by atoms with Gasteiger partial charge in [0, 0.05) is 12.6 Å². The number of benzene rings is 2. The van der Waals surface area contributed by atoms with Crippen molar-refractivity contribution in [3.63, 3.8) is 0 Å². The van der Waals surface area contributed by atoms with Gasteiger partial charge in [-0.3, -0.25) is 0 Å². The van der Waals surface area contributed by atoms with Crippen molar-refractivity contribution < 1.29 is 4.39 Å². The summed E-state index contributed by atoms with van der Waals surface area (Å²) in [5.41, 5.74) is 3.77. The van der Waals surface area contributed by atoms with Crippen molar-refractivity contribution in [2.75, 3.05) is 0 Å². The predicted molar refractivity (Wildman–Crippen MR) is 86.6 cm³/mol. The number of halogens is 1. The summed E-state index contributed by atoms with van der Waals surface area (Å²) < 4.78 is 13.1. The van der Waals surface area contributed by atoms with E-state index >= 15 is 0 Å². The van der Waals surface area contributed by atoms with E-state index in [1.54, 1.807) is 0 Å². The molecule has 2 aromatic rings. The average Bonchev–Trinajstić information content (AvgIpc) is 2.41. The van der Waals surface area contributed by atoms with Crippen molar-refractivity contribution in [1.82, 2.24) is 5.32 Å². The summed E-state index contributed by atoms with van der Waals surface area (Å²) in [5.74, 6) is -0.190. The fraction of sp³-hybridized carbons (Fsp3) is 0.368. The summed E-state index contributed by atoms with van der Waals surface area (Å²) in [4.78, 5) is 0. The van der Waals surface area contributed by atoms with Gasteiger partial charge in [-0.05, 0) is 41.2 Å². The molecule has 0 spiro atoms. The lowest BCUT2D eigenvalue weighted by Crippen LogP contribution is -2.32. The van der Waals surface area contributed by atoms with E-state index in [2.05, 4.69) is 57.3 Å². The molecule has 0 aliphatic heterocycles. The molecule has 0 bridgehead atoms. The van der Waals surface area contributed by atoms with E-state index in [4.69, 9.17) is 0 Å². The molecule has 0 saturated heterocycles. The predicted octanol–water partition coefficient (Wildman–Crippen LogP) is 5.01. The maximum atomic E-state index is 13.1. The van der Waals surface area contributed by atoms with Crippen LogP contribution in [0, 0.1) is 18.2 Å². The maximum absolute atomic E-state index is 13.1. The fourth-order valence-electron chi connectivity index (χ4n) is 2.60. The molecule has 0 fully saturated rings. The van der Waals surface area contributed by atoms with Crippen LogP contribution < -0.4 is 5.32 Å². The van der Waals surface area contributed by atoms with Gasteiger partial charge in [-0.2, -0.15) is 0 Å². The Hall–Kier alpha value is -1.67. The lowest BCUT2D eigenvalue weighted by molar-refractivity contribution is 0.270. The minimum Gasteiger partial charge on any atom is -0.305 e. The van der Waals surface area contributed by atoms with E-state index in [9.17, 15) is 4.39 Å². The van der Waals surface area contributed by atoms with Crippen LogP contribution in [-0.2, 0) is 6.54 Å². The molecule has 0 amide bonds. The molecule has 1 N–H and O–H groups in total. The summed E-state index contributed by atoms with van der Waals surface area (Å²) in [6.07, 6.45) is 0. The molecule has 2 heteroatoms. The van der Waals surface area contributed by atoms with Gasteiger partial charge in [-0.15, -0.1) is 0 Å². The molecule has 0 radical (unpaired) electrons. The van der Waals surface area contributed by atoms with Gasteiger partial charge in [0.1, 0.15) is 5.82 Å². The Bertz CT molecular complexity index is 581. The SMILES string of the molecule is Cc1ccccc1CNC(c1ccc(F)cc1)C(C)(C)C. The number of rotatable bonds is 4. The van der Waals surface area contributed by atoms with E-state index < -0.39 is 0 Å². The Balaban J connectivity index is 2.18. The molecule has 0 aliphatic carbocycles. The highest BCUT2D eigenvalue weighted by Gasteiger charge is 2.25. The monoisotopic (exact) mass is 285 g/mol. The van der Waals surface area contributed by atoms with E-state index in [0.717, 1.165) is 12.1 Å². The van der Waals surface area contributed by atoms with E-state index in [1.807, 2.05) is 12.1 Å². The van der Waals surface area contributed by atoms with Gasteiger partial charge in [-0.25, -0.2) is 4.39 Å². The second-order valence-corrected chi connectivity index (χ2v) is 6.66. The number of hydrogen-bond acceptors (Lipinski definition) is 1. The van der Waals surface area contributed by atoms with Gasteiger partial charge < -0.3 is 5.32 Å². The van der Waals surface area contributed by atoms with Crippen LogP contribution in [0.2, 0.25) is 0 Å². The zero-order valence-electron chi connectivity index (χ0n) is 13.3. The minimum absolute atomic E-state index is 0.0561. The topological polar surface area (TPSA) is 12.0 Å². The van der Waals surface area contributed by atoms with Crippen LogP contribution in [0.25, 0.3) is 0 Å². The van der Waals surface area contributed by atoms with Crippen LogP contribution in [0.15, 0.2) is 48.5 Å². The molecule has 0 aliphatic rings. The zero-order valence-corrected chi connectivity index (χ0v) is 13.3. The molecule has 21 heavy (non-hydrogen) atoms. The highest BCUT2D eigenvalue weighted by Crippen LogP contribution is 2.33. The van der Waals surface area contributed by atoms with Crippen LogP contribution in [0.5, 0.6) is 0 Å². The van der Waals surface area contributed by atoms with Crippen LogP contribution >= 0.6 is 0 Å². The molecular formula is C19H24FN. The Morgan fingerprint density at radius 2 is 1.62 bits per heavy atom. The molecular weight excluding hydrogens is 261 g/mol. The van der Waals surface area contributed by atoms with E-state index in [0.29, 0.717) is 0 Å². The van der Waals surface area contributed by atoms with Gasteiger partial charge in [0.2, 0.25) is 0 Å². The van der Waals surface area contributed by atoms with Crippen LogP contribution in [0.1, 0.15) is 43.5 Å². The van der Waals surface area contributed by atoms with Crippen LogP contribution in [0.4, 0.5) is 4.39 Å². The minimum atomic E-state index is -0.190. The first kappa shape index (κ1) is 15.7. The molecule has 0 heterocycles. The number of nitrogens with one attached hydrogen (secondary N) is 1. The molecule has 0 saturated carbocycles. The third-order valence-electron chi connectivity index (χ3n) is 3.83. The largest absolute Gasteiger partial charge is 0.305 e. The standard InChI is InChI=1S/C19H24FN/c1-14-7-5-6-8-16(14)13-21-18(19(2,3)4)15-9-11-17(20)12-10-15/h5-12,18,21H,13H2,1-4H3. The normalized spacial score (nSPS) is 13.2. The third-order valence-corrected chi connectivity index (χ3v) is 3.83. The highest BCUT2D eigenvalue weighted by molar-refractivity contribution is 5.26. The summed E-state index contributed by atoms with van der Waals surface area (Å²) in [6, 6.07) is 15.4. The molecule has 112 valence electrons. The van der Waals surface area contributed by atoms with Crippen molar-refractivity contribution in [1.29, 1.82) is 0 Å². The Morgan fingerprint density at radius 1 is 1.00 bits per heavy atom. The van der Waals surface area contributed by atoms with Crippen molar-refractivity contribution in [3.05, 3.63) is 71.0 Å². The first-order chi connectivity index (χ1) is 9.88. The summed E-state index contributed by atoms with van der Waals surface area (Å²) in [6.45, 7) is 9.54. The second-order valence-electron chi connectivity index (χ2n) is 6.66. The highest BCUT2D eigenvalue weighted by atomic mass is 19.1. The lowest BCUT2D eigenvalue weighted by atomic mass is 9.82. The van der Waals surface area contributed by atoms with E-state index in [-0.39, 0.29) is 17.3 Å². The zero-order chi connectivity index (χ0) is 15.5. The van der Waals surface area contributed by atoms with Crippen molar-refractivity contribution in [2.45, 2.75) is 40.3 Å². The van der Waals surface area contributed by atoms with Crippen LogP contribution in [0.3, 0.4) is 0 Å².